The highest BCUT2D eigenvalue weighted by Crippen LogP contribution is 2.19. The average Bonchev–Trinajstić information content (AvgIpc) is 3.01. The Morgan fingerprint density at radius 3 is 2.76 bits per heavy atom. The molecule has 21 heavy (non-hydrogen) atoms. The minimum Gasteiger partial charge on any atom is -0.349 e. The van der Waals surface area contributed by atoms with Crippen molar-refractivity contribution < 1.29 is 13.2 Å². The standard InChI is InChI=1S/C13H15N3O3S2/c1-16(21(18,19)13-6-4-8-20-13)10-12(17)15-9-11-5-2-3-7-14-11/h2-8H,9-10H2,1H3,(H,15,17). The molecule has 2 rings (SSSR count). The highest BCUT2D eigenvalue weighted by Gasteiger charge is 2.23. The Hall–Kier alpha value is -1.77. The van der Waals surface area contributed by atoms with Gasteiger partial charge in [-0.05, 0) is 23.6 Å². The molecule has 2 aromatic rings. The summed E-state index contributed by atoms with van der Waals surface area (Å²) in [7, 11) is -2.21. The zero-order valence-electron chi connectivity index (χ0n) is 11.4. The van der Waals surface area contributed by atoms with E-state index in [4.69, 9.17) is 0 Å². The van der Waals surface area contributed by atoms with Gasteiger partial charge in [-0.1, -0.05) is 12.1 Å². The molecule has 1 amide bonds. The smallest absolute Gasteiger partial charge is 0.252 e. The number of likely N-dealkylation sites (N-methyl/N-ethyl adjacent to an activating group) is 1. The maximum Gasteiger partial charge on any atom is 0.252 e. The van der Waals surface area contributed by atoms with Crippen molar-refractivity contribution in [1.82, 2.24) is 14.6 Å². The highest BCUT2D eigenvalue weighted by molar-refractivity contribution is 7.91. The van der Waals surface area contributed by atoms with Gasteiger partial charge in [0.15, 0.2) is 0 Å². The summed E-state index contributed by atoms with van der Waals surface area (Å²) in [4.78, 5) is 15.9. The molecule has 0 saturated heterocycles. The molecule has 0 aliphatic heterocycles. The van der Waals surface area contributed by atoms with Crippen molar-refractivity contribution in [2.45, 2.75) is 10.8 Å². The third-order valence-corrected chi connectivity index (χ3v) is 5.90. The van der Waals surface area contributed by atoms with Gasteiger partial charge >= 0.3 is 0 Å². The maximum absolute atomic E-state index is 12.1. The fraction of sp³-hybridized carbons (Fsp3) is 0.231. The fourth-order valence-corrected chi connectivity index (χ4v) is 3.93. The molecule has 0 aliphatic carbocycles. The number of carbonyl (C=O) groups is 1. The lowest BCUT2D eigenvalue weighted by Gasteiger charge is -2.15. The van der Waals surface area contributed by atoms with Gasteiger partial charge in [0, 0.05) is 13.2 Å². The van der Waals surface area contributed by atoms with E-state index in [9.17, 15) is 13.2 Å². The molecule has 0 aromatic carbocycles. The van der Waals surface area contributed by atoms with Crippen LogP contribution >= 0.6 is 11.3 Å². The van der Waals surface area contributed by atoms with E-state index in [1.165, 1.54) is 13.1 Å². The van der Waals surface area contributed by atoms with Crippen molar-refractivity contribution in [2.75, 3.05) is 13.6 Å². The predicted molar refractivity (Wildman–Crippen MR) is 80.2 cm³/mol. The Balaban J connectivity index is 1.91. The Kier molecular flexibility index (Phi) is 5.05. The van der Waals surface area contributed by atoms with Crippen molar-refractivity contribution >= 4 is 27.3 Å². The maximum atomic E-state index is 12.1. The van der Waals surface area contributed by atoms with Crippen LogP contribution < -0.4 is 5.32 Å². The highest BCUT2D eigenvalue weighted by atomic mass is 32.2. The van der Waals surface area contributed by atoms with E-state index >= 15 is 0 Å². The second kappa shape index (κ2) is 6.79. The molecule has 112 valence electrons. The second-order valence-electron chi connectivity index (χ2n) is 4.29. The summed E-state index contributed by atoms with van der Waals surface area (Å²) in [5.74, 6) is -0.372. The summed E-state index contributed by atoms with van der Waals surface area (Å²) in [6, 6.07) is 8.57. The van der Waals surface area contributed by atoms with Crippen molar-refractivity contribution in [3.05, 3.63) is 47.6 Å². The predicted octanol–water partition coefficient (Wildman–Crippen LogP) is 1.08. The van der Waals surface area contributed by atoms with Crippen LogP contribution in [0.2, 0.25) is 0 Å². The topological polar surface area (TPSA) is 79.4 Å². The van der Waals surface area contributed by atoms with E-state index < -0.39 is 10.0 Å². The molecule has 0 bridgehead atoms. The van der Waals surface area contributed by atoms with Gasteiger partial charge in [-0.3, -0.25) is 9.78 Å². The van der Waals surface area contributed by atoms with Gasteiger partial charge in [-0.2, -0.15) is 4.31 Å². The average molecular weight is 325 g/mol. The van der Waals surface area contributed by atoms with E-state index in [0.29, 0.717) is 0 Å². The van der Waals surface area contributed by atoms with Crippen LogP contribution in [0.5, 0.6) is 0 Å². The van der Waals surface area contributed by atoms with Gasteiger partial charge in [0.05, 0.1) is 18.8 Å². The van der Waals surface area contributed by atoms with Gasteiger partial charge < -0.3 is 5.32 Å². The molecule has 0 spiro atoms. The van der Waals surface area contributed by atoms with Gasteiger partial charge in [-0.25, -0.2) is 8.42 Å². The number of sulfonamides is 1. The van der Waals surface area contributed by atoms with Crippen LogP contribution in [0, 0.1) is 0 Å². The van der Waals surface area contributed by atoms with Crippen molar-refractivity contribution in [3.63, 3.8) is 0 Å². The first-order valence-electron chi connectivity index (χ1n) is 6.16. The lowest BCUT2D eigenvalue weighted by Crippen LogP contribution is -2.37. The lowest BCUT2D eigenvalue weighted by atomic mass is 10.3. The number of thiophene rings is 1. The Morgan fingerprint density at radius 1 is 1.33 bits per heavy atom. The second-order valence-corrected chi connectivity index (χ2v) is 7.51. The molecule has 6 nitrogen and oxygen atoms in total. The van der Waals surface area contributed by atoms with Gasteiger partial charge in [0.25, 0.3) is 10.0 Å². The van der Waals surface area contributed by atoms with Crippen LogP contribution in [-0.2, 0) is 21.4 Å². The number of carbonyl (C=O) groups excluding carboxylic acids is 1. The first-order valence-corrected chi connectivity index (χ1v) is 8.48. The molecule has 0 saturated carbocycles. The zero-order chi connectivity index (χ0) is 15.3. The molecular formula is C13H15N3O3S2. The number of pyridine rings is 1. The fourth-order valence-electron chi connectivity index (χ4n) is 1.60. The molecule has 0 atom stereocenters. The number of aromatic nitrogens is 1. The number of nitrogens with zero attached hydrogens (tertiary/aromatic N) is 2. The molecule has 2 aromatic heterocycles. The molecule has 0 fully saturated rings. The Labute approximate surface area is 127 Å². The Morgan fingerprint density at radius 2 is 2.14 bits per heavy atom. The summed E-state index contributed by atoms with van der Waals surface area (Å²) in [6.07, 6.45) is 1.63. The van der Waals surface area contributed by atoms with Gasteiger partial charge in [0.1, 0.15) is 4.21 Å². The number of nitrogens with one attached hydrogen (secondary N) is 1. The van der Waals surface area contributed by atoms with Crippen molar-refractivity contribution in [1.29, 1.82) is 0 Å². The number of hydrogen-bond acceptors (Lipinski definition) is 5. The molecule has 2 heterocycles. The zero-order valence-corrected chi connectivity index (χ0v) is 13.0. The first kappa shape index (κ1) is 15.6. The van der Waals surface area contributed by atoms with E-state index in [1.54, 1.807) is 29.8 Å². The summed E-state index contributed by atoms with van der Waals surface area (Å²) in [6.45, 7) is 0.0413. The third-order valence-electron chi connectivity index (χ3n) is 2.72. The molecule has 8 heteroatoms. The molecule has 0 unspecified atom stereocenters. The van der Waals surface area contributed by atoms with Crippen LogP contribution in [0.1, 0.15) is 5.69 Å². The van der Waals surface area contributed by atoms with Crippen molar-refractivity contribution in [2.24, 2.45) is 0 Å². The first-order chi connectivity index (χ1) is 10.00. The van der Waals surface area contributed by atoms with E-state index in [-0.39, 0.29) is 23.2 Å². The quantitative estimate of drug-likeness (QED) is 0.862. The SMILES string of the molecule is CN(CC(=O)NCc1ccccn1)S(=O)(=O)c1cccs1. The van der Waals surface area contributed by atoms with E-state index in [2.05, 4.69) is 10.3 Å². The number of rotatable bonds is 6. The normalized spacial score (nSPS) is 11.5. The van der Waals surface area contributed by atoms with Crippen molar-refractivity contribution in [3.8, 4) is 0 Å². The van der Waals surface area contributed by atoms with Crippen LogP contribution in [0.4, 0.5) is 0 Å². The molecule has 0 radical (unpaired) electrons. The van der Waals surface area contributed by atoms with Crippen LogP contribution in [-0.4, -0.2) is 37.2 Å². The van der Waals surface area contributed by atoms with E-state index in [0.717, 1.165) is 21.3 Å². The molecular weight excluding hydrogens is 310 g/mol. The molecule has 1 N–H and O–H groups in total. The number of amides is 1. The lowest BCUT2D eigenvalue weighted by molar-refractivity contribution is -0.121. The molecule has 0 aliphatic rings. The summed E-state index contributed by atoms with van der Waals surface area (Å²) < 4.78 is 25.6. The minimum atomic E-state index is -3.60. The van der Waals surface area contributed by atoms with Crippen LogP contribution in [0.3, 0.4) is 0 Å². The third kappa shape index (κ3) is 4.10. The van der Waals surface area contributed by atoms with E-state index in [1.807, 2.05) is 6.07 Å². The van der Waals surface area contributed by atoms with Crippen LogP contribution in [0.15, 0.2) is 46.1 Å². The summed E-state index contributed by atoms with van der Waals surface area (Å²) >= 11 is 1.12. The van der Waals surface area contributed by atoms with Crippen LogP contribution in [0.25, 0.3) is 0 Å². The summed E-state index contributed by atoms with van der Waals surface area (Å²) in [5.41, 5.74) is 0.717. The largest absolute Gasteiger partial charge is 0.349 e. The van der Waals surface area contributed by atoms with Gasteiger partial charge in [-0.15, -0.1) is 11.3 Å². The van der Waals surface area contributed by atoms with Gasteiger partial charge in [0.2, 0.25) is 5.91 Å². The number of hydrogen-bond donors (Lipinski definition) is 1. The Bertz CT molecular complexity index is 685. The monoisotopic (exact) mass is 325 g/mol. The minimum absolute atomic E-state index is 0.225. The summed E-state index contributed by atoms with van der Waals surface area (Å²) in [5, 5.41) is 4.33.